The van der Waals surface area contributed by atoms with Crippen LogP contribution in [0.5, 0.6) is 5.75 Å². The molecule has 0 aliphatic carbocycles. The van der Waals surface area contributed by atoms with E-state index in [1.165, 1.54) is 38.9 Å². The van der Waals surface area contributed by atoms with Crippen LogP contribution in [0.15, 0.2) is 48.5 Å². The first-order valence-corrected chi connectivity index (χ1v) is 9.48. The van der Waals surface area contributed by atoms with Crippen LogP contribution in [0.3, 0.4) is 0 Å². The lowest BCUT2D eigenvalue weighted by molar-refractivity contribution is 0.117. The van der Waals surface area contributed by atoms with Crippen LogP contribution in [0.4, 0.5) is 4.39 Å². The average molecular weight is 357 g/mol. The summed E-state index contributed by atoms with van der Waals surface area (Å²) >= 11 is 0. The third-order valence-corrected chi connectivity index (χ3v) is 5.28. The van der Waals surface area contributed by atoms with Gasteiger partial charge in [-0.25, -0.2) is 4.39 Å². The second-order valence-electron chi connectivity index (χ2n) is 7.07. The summed E-state index contributed by atoms with van der Waals surface area (Å²) in [5.74, 6) is -0.336. The molecule has 2 atom stereocenters. The number of likely N-dealkylation sites (tertiary alicyclic amines) is 1. The summed E-state index contributed by atoms with van der Waals surface area (Å²) in [6.07, 6.45) is 4.20. The van der Waals surface area contributed by atoms with Crippen molar-refractivity contribution in [3.8, 4) is 5.75 Å². The highest BCUT2D eigenvalue weighted by atomic mass is 19.1. The monoisotopic (exact) mass is 357 g/mol. The minimum absolute atomic E-state index is 0.0953. The Morgan fingerprint density at radius 3 is 2.31 bits per heavy atom. The van der Waals surface area contributed by atoms with Gasteiger partial charge in [-0.05, 0) is 49.2 Å². The molecule has 2 aromatic carbocycles. The van der Waals surface area contributed by atoms with Crippen molar-refractivity contribution in [3.63, 3.8) is 0 Å². The molecule has 0 aromatic heterocycles. The molecule has 4 heteroatoms. The van der Waals surface area contributed by atoms with Gasteiger partial charge >= 0.3 is 0 Å². The minimum Gasteiger partial charge on any atom is -0.494 e. The Labute approximate surface area is 155 Å². The van der Waals surface area contributed by atoms with E-state index >= 15 is 0 Å². The number of nitrogens with zero attached hydrogens (tertiary/aromatic N) is 1. The fourth-order valence-corrected chi connectivity index (χ4v) is 3.78. The molecule has 1 aliphatic heterocycles. The van der Waals surface area contributed by atoms with E-state index in [9.17, 15) is 9.50 Å². The van der Waals surface area contributed by atoms with E-state index in [1.54, 1.807) is 12.1 Å². The molecule has 2 aromatic rings. The van der Waals surface area contributed by atoms with Crippen molar-refractivity contribution in [1.82, 2.24) is 4.90 Å². The van der Waals surface area contributed by atoms with Crippen molar-refractivity contribution in [3.05, 3.63) is 65.5 Å². The Hall–Kier alpha value is -1.91. The van der Waals surface area contributed by atoms with E-state index in [-0.39, 0.29) is 11.7 Å². The predicted molar refractivity (Wildman–Crippen MR) is 102 cm³/mol. The standard InChI is InChI=1S/C22H28FNO2/c1-26-21-12-11-18(15-20(21)23)22(25)19(17-9-5-4-6-10-17)16-24-13-7-2-3-8-14-24/h4-6,9-12,15,19,22,25H,2-3,7-8,13-14,16H2,1H3/t19-,22+/m0/s1. The molecule has 0 radical (unpaired) electrons. The molecule has 26 heavy (non-hydrogen) atoms. The summed E-state index contributed by atoms with van der Waals surface area (Å²) in [4.78, 5) is 2.44. The Morgan fingerprint density at radius 2 is 1.69 bits per heavy atom. The molecule has 0 unspecified atom stereocenters. The van der Waals surface area contributed by atoms with Crippen molar-refractivity contribution in [1.29, 1.82) is 0 Å². The fourth-order valence-electron chi connectivity index (χ4n) is 3.78. The van der Waals surface area contributed by atoms with Gasteiger partial charge in [0.2, 0.25) is 0 Å². The van der Waals surface area contributed by atoms with Crippen LogP contribution >= 0.6 is 0 Å². The van der Waals surface area contributed by atoms with Gasteiger partial charge < -0.3 is 14.7 Å². The van der Waals surface area contributed by atoms with Crippen LogP contribution in [0.2, 0.25) is 0 Å². The Bertz CT molecular complexity index is 684. The molecule has 1 saturated heterocycles. The van der Waals surface area contributed by atoms with Crippen molar-refractivity contribution >= 4 is 0 Å². The topological polar surface area (TPSA) is 32.7 Å². The molecule has 1 fully saturated rings. The van der Waals surface area contributed by atoms with Crippen molar-refractivity contribution in [2.45, 2.75) is 37.7 Å². The lowest BCUT2D eigenvalue weighted by atomic mass is 9.88. The normalized spacial score (nSPS) is 18.1. The number of hydrogen-bond acceptors (Lipinski definition) is 3. The van der Waals surface area contributed by atoms with Crippen molar-refractivity contribution in [2.24, 2.45) is 0 Å². The van der Waals surface area contributed by atoms with Gasteiger partial charge in [-0.15, -0.1) is 0 Å². The molecule has 0 amide bonds. The molecule has 1 heterocycles. The highest BCUT2D eigenvalue weighted by Crippen LogP contribution is 2.34. The highest BCUT2D eigenvalue weighted by molar-refractivity contribution is 5.33. The summed E-state index contributed by atoms with van der Waals surface area (Å²) < 4.78 is 19.1. The molecule has 3 nitrogen and oxygen atoms in total. The minimum atomic E-state index is -0.763. The first-order valence-electron chi connectivity index (χ1n) is 9.48. The molecule has 0 spiro atoms. The number of rotatable bonds is 6. The second kappa shape index (κ2) is 9.15. The van der Waals surface area contributed by atoms with E-state index in [0.717, 1.165) is 25.2 Å². The maximum Gasteiger partial charge on any atom is 0.165 e. The van der Waals surface area contributed by atoms with E-state index in [0.29, 0.717) is 5.56 Å². The van der Waals surface area contributed by atoms with Crippen LogP contribution in [-0.4, -0.2) is 36.8 Å². The van der Waals surface area contributed by atoms with E-state index in [1.807, 2.05) is 30.3 Å². The number of halogens is 1. The SMILES string of the molecule is COc1ccc([C@@H](O)[C@@H](CN2CCCCCC2)c2ccccc2)cc1F. The van der Waals surface area contributed by atoms with Gasteiger partial charge in [0.1, 0.15) is 0 Å². The number of ether oxygens (including phenoxy) is 1. The number of benzene rings is 2. The first-order chi connectivity index (χ1) is 12.7. The molecule has 0 saturated carbocycles. The Kier molecular flexibility index (Phi) is 6.64. The van der Waals surface area contributed by atoms with Crippen LogP contribution in [0.25, 0.3) is 0 Å². The second-order valence-corrected chi connectivity index (χ2v) is 7.07. The van der Waals surface area contributed by atoms with E-state index < -0.39 is 11.9 Å². The number of aliphatic hydroxyl groups excluding tert-OH is 1. The number of hydrogen-bond donors (Lipinski definition) is 1. The van der Waals surface area contributed by atoms with Gasteiger partial charge in [-0.1, -0.05) is 49.2 Å². The van der Waals surface area contributed by atoms with E-state index in [4.69, 9.17) is 4.74 Å². The zero-order valence-corrected chi connectivity index (χ0v) is 15.4. The smallest absolute Gasteiger partial charge is 0.165 e. The van der Waals surface area contributed by atoms with Gasteiger partial charge in [-0.3, -0.25) is 0 Å². The molecular formula is C22H28FNO2. The van der Waals surface area contributed by atoms with Gasteiger partial charge in [0.25, 0.3) is 0 Å². The number of aliphatic hydroxyl groups is 1. The van der Waals surface area contributed by atoms with Gasteiger partial charge in [-0.2, -0.15) is 0 Å². The van der Waals surface area contributed by atoms with Crippen LogP contribution in [0.1, 0.15) is 48.8 Å². The van der Waals surface area contributed by atoms with Crippen LogP contribution in [0, 0.1) is 5.82 Å². The molecule has 3 rings (SSSR count). The summed E-state index contributed by atoms with van der Waals surface area (Å²) in [6, 6.07) is 14.8. The zero-order chi connectivity index (χ0) is 18.4. The molecule has 140 valence electrons. The molecule has 1 N–H and O–H groups in total. The summed E-state index contributed by atoms with van der Waals surface area (Å²) in [6.45, 7) is 2.90. The Morgan fingerprint density at radius 1 is 1.00 bits per heavy atom. The first kappa shape index (κ1) is 18.9. The van der Waals surface area contributed by atoms with Crippen molar-refractivity contribution < 1.29 is 14.2 Å². The number of methoxy groups -OCH3 is 1. The average Bonchev–Trinajstić information content (AvgIpc) is 2.95. The summed E-state index contributed by atoms with van der Waals surface area (Å²) in [5, 5.41) is 11.1. The maximum atomic E-state index is 14.1. The third-order valence-electron chi connectivity index (χ3n) is 5.28. The van der Waals surface area contributed by atoms with Gasteiger partial charge in [0, 0.05) is 12.5 Å². The molecular weight excluding hydrogens is 329 g/mol. The zero-order valence-electron chi connectivity index (χ0n) is 15.4. The lowest BCUT2D eigenvalue weighted by Crippen LogP contribution is -2.32. The quantitative estimate of drug-likeness (QED) is 0.825. The maximum absolute atomic E-state index is 14.1. The van der Waals surface area contributed by atoms with Crippen LogP contribution in [-0.2, 0) is 0 Å². The third kappa shape index (κ3) is 4.63. The molecule has 0 bridgehead atoms. The van der Waals surface area contributed by atoms with Gasteiger partial charge in [0.05, 0.1) is 13.2 Å². The van der Waals surface area contributed by atoms with Crippen molar-refractivity contribution in [2.75, 3.05) is 26.7 Å². The van der Waals surface area contributed by atoms with E-state index in [2.05, 4.69) is 4.90 Å². The molecule has 1 aliphatic rings. The largest absolute Gasteiger partial charge is 0.494 e. The van der Waals surface area contributed by atoms with Crippen LogP contribution < -0.4 is 4.74 Å². The summed E-state index contributed by atoms with van der Waals surface area (Å²) in [5.41, 5.74) is 1.67. The fraction of sp³-hybridized carbons (Fsp3) is 0.455. The Balaban J connectivity index is 1.85. The van der Waals surface area contributed by atoms with Gasteiger partial charge in [0.15, 0.2) is 11.6 Å². The highest BCUT2D eigenvalue weighted by Gasteiger charge is 2.26. The predicted octanol–water partition coefficient (Wildman–Crippen LogP) is 4.53. The lowest BCUT2D eigenvalue weighted by Gasteiger charge is -2.30. The summed E-state index contributed by atoms with van der Waals surface area (Å²) in [7, 11) is 1.45.